The van der Waals surface area contributed by atoms with Crippen molar-refractivity contribution in [1.82, 2.24) is 9.88 Å². The molecule has 0 aliphatic carbocycles. The molecule has 2 fully saturated rings. The van der Waals surface area contributed by atoms with Crippen LogP contribution >= 0.6 is 0 Å². The number of nitrogens with zero attached hydrogens (tertiary/aromatic N) is 2. The highest BCUT2D eigenvalue weighted by Crippen LogP contribution is 2.38. The number of hydrogen-bond acceptors (Lipinski definition) is 4. The Morgan fingerprint density at radius 1 is 1.52 bits per heavy atom. The lowest BCUT2D eigenvalue weighted by atomic mass is 9.94. The van der Waals surface area contributed by atoms with Crippen LogP contribution in [-0.4, -0.2) is 46.1 Å². The number of carbonyl (C=O) groups excluding carboxylic acids is 1. The third-order valence-corrected chi connectivity index (χ3v) is 4.20. The van der Waals surface area contributed by atoms with Gasteiger partial charge < -0.3 is 14.7 Å². The fourth-order valence-electron chi connectivity index (χ4n) is 3.20. The molecule has 3 rings (SSSR count). The Hall–Kier alpha value is -1.95. The second-order valence-corrected chi connectivity index (χ2v) is 5.56. The van der Waals surface area contributed by atoms with Gasteiger partial charge in [0.05, 0.1) is 18.1 Å². The quantitative estimate of drug-likeness (QED) is 0.902. The van der Waals surface area contributed by atoms with Gasteiger partial charge in [-0.1, -0.05) is 6.07 Å². The highest BCUT2D eigenvalue weighted by Gasteiger charge is 2.45. The van der Waals surface area contributed by atoms with E-state index in [0.29, 0.717) is 13.2 Å². The number of hydrogen-bond donors (Lipinski definition) is 1. The fourth-order valence-corrected chi connectivity index (χ4v) is 3.20. The number of carboxylic acids is 1. The van der Waals surface area contributed by atoms with E-state index in [0.717, 1.165) is 18.4 Å². The molecule has 1 amide bonds. The van der Waals surface area contributed by atoms with Gasteiger partial charge in [-0.2, -0.15) is 0 Å². The summed E-state index contributed by atoms with van der Waals surface area (Å²) in [5, 5.41) is 9.41. The molecule has 0 spiro atoms. The minimum absolute atomic E-state index is 0.0145. The maximum atomic E-state index is 12.2. The van der Waals surface area contributed by atoms with Crippen LogP contribution in [0.25, 0.3) is 0 Å². The zero-order valence-corrected chi connectivity index (χ0v) is 11.6. The summed E-state index contributed by atoms with van der Waals surface area (Å²) in [5.41, 5.74) is 0.772. The van der Waals surface area contributed by atoms with Gasteiger partial charge in [-0.05, 0) is 24.5 Å². The molecular formula is C15H18N2O4. The zero-order chi connectivity index (χ0) is 14.8. The summed E-state index contributed by atoms with van der Waals surface area (Å²) >= 11 is 0. The molecule has 1 aromatic heterocycles. The lowest BCUT2D eigenvalue weighted by Crippen LogP contribution is -2.36. The third kappa shape index (κ3) is 2.76. The largest absolute Gasteiger partial charge is 0.481 e. The Balaban J connectivity index is 1.87. The lowest BCUT2D eigenvalue weighted by Gasteiger charge is -2.29. The van der Waals surface area contributed by atoms with E-state index in [2.05, 4.69) is 4.98 Å². The molecule has 3 heterocycles. The van der Waals surface area contributed by atoms with Gasteiger partial charge in [0.1, 0.15) is 0 Å². The van der Waals surface area contributed by atoms with Crippen molar-refractivity contribution in [1.29, 1.82) is 0 Å². The highest BCUT2D eigenvalue weighted by molar-refractivity contribution is 5.87. The van der Waals surface area contributed by atoms with Crippen LogP contribution in [0.1, 0.15) is 30.9 Å². The van der Waals surface area contributed by atoms with Crippen molar-refractivity contribution >= 4 is 11.9 Å². The van der Waals surface area contributed by atoms with E-state index in [-0.39, 0.29) is 18.4 Å². The first-order valence-corrected chi connectivity index (χ1v) is 7.20. The van der Waals surface area contributed by atoms with Crippen molar-refractivity contribution in [2.24, 2.45) is 5.92 Å². The SMILES string of the molecule is O=C(O)[C@H]1CC(=O)N(CC2CCCO2)[C@@H]1c1cccnc1. The van der Waals surface area contributed by atoms with Gasteiger partial charge in [-0.15, -0.1) is 0 Å². The van der Waals surface area contributed by atoms with Gasteiger partial charge in [0.2, 0.25) is 5.91 Å². The summed E-state index contributed by atoms with van der Waals surface area (Å²) in [4.78, 5) is 29.4. The molecule has 1 N–H and O–H groups in total. The zero-order valence-electron chi connectivity index (χ0n) is 11.6. The van der Waals surface area contributed by atoms with Gasteiger partial charge in [0.25, 0.3) is 0 Å². The maximum absolute atomic E-state index is 12.2. The molecule has 2 aliphatic heterocycles. The van der Waals surface area contributed by atoms with Crippen LogP contribution in [0.2, 0.25) is 0 Å². The second-order valence-electron chi connectivity index (χ2n) is 5.56. The predicted octanol–water partition coefficient (Wildman–Crippen LogP) is 1.23. The summed E-state index contributed by atoms with van der Waals surface area (Å²) in [6.45, 7) is 1.18. The molecular weight excluding hydrogens is 272 g/mol. The van der Waals surface area contributed by atoms with Crippen LogP contribution in [0.3, 0.4) is 0 Å². The third-order valence-electron chi connectivity index (χ3n) is 4.20. The van der Waals surface area contributed by atoms with Gasteiger partial charge >= 0.3 is 5.97 Å². The average molecular weight is 290 g/mol. The van der Waals surface area contributed by atoms with Crippen LogP contribution in [0.5, 0.6) is 0 Å². The molecule has 1 aromatic rings. The molecule has 1 unspecified atom stereocenters. The number of pyridine rings is 1. The fraction of sp³-hybridized carbons (Fsp3) is 0.533. The van der Waals surface area contributed by atoms with E-state index >= 15 is 0 Å². The summed E-state index contributed by atoms with van der Waals surface area (Å²) in [6, 6.07) is 3.14. The number of ether oxygens (including phenoxy) is 1. The van der Waals surface area contributed by atoms with Crippen LogP contribution in [0.15, 0.2) is 24.5 Å². The topological polar surface area (TPSA) is 79.7 Å². The minimum Gasteiger partial charge on any atom is -0.481 e. The Morgan fingerprint density at radius 2 is 2.38 bits per heavy atom. The molecule has 3 atom stereocenters. The summed E-state index contributed by atoms with van der Waals surface area (Å²) in [5.74, 6) is -1.78. The average Bonchev–Trinajstić information content (AvgIpc) is 3.09. The van der Waals surface area contributed by atoms with E-state index in [1.54, 1.807) is 23.4 Å². The molecule has 6 nitrogen and oxygen atoms in total. The van der Waals surface area contributed by atoms with Crippen molar-refractivity contribution in [3.05, 3.63) is 30.1 Å². The first-order chi connectivity index (χ1) is 10.2. The number of aliphatic carboxylic acids is 1. The van der Waals surface area contributed by atoms with E-state index < -0.39 is 17.9 Å². The van der Waals surface area contributed by atoms with E-state index in [4.69, 9.17) is 4.74 Å². The molecule has 112 valence electrons. The van der Waals surface area contributed by atoms with Crippen molar-refractivity contribution in [3.8, 4) is 0 Å². The van der Waals surface area contributed by atoms with E-state index in [9.17, 15) is 14.7 Å². The first-order valence-electron chi connectivity index (χ1n) is 7.20. The molecule has 2 aliphatic rings. The Kier molecular flexibility index (Phi) is 3.88. The van der Waals surface area contributed by atoms with Crippen molar-refractivity contribution in [2.75, 3.05) is 13.2 Å². The lowest BCUT2D eigenvalue weighted by molar-refractivity contribution is -0.142. The Bertz CT molecular complexity index is 528. The molecule has 2 saturated heterocycles. The van der Waals surface area contributed by atoms with Gasteiger partial charge in [0, 0.05) is 32.0 Å². The van der Waals surface area contributed by atoms with E-state index in [1.165, 1.54) is 0 Å². The number of rotatable bonds is 4. The number of carboxylic acid groups (broad SMARTS) is 1. The van der Waals surface area contributed by atoms with Crippen LogP contribution in [0.4, 0.5) is 0 Å². The number of carbonyl (C=O) groups is 2. The van der Waals surface area contributed by atoms with Crippen molar-refractivity contribution in [3.63, 3.8) is 0 Å². The summed E-state index contributed by atoms with van der Waals surface area (Å²) in [6.07, 6.45) is 5.25. The van der Waals surface area contributed by atoms with Crippen molar-refractivity contribution < 1.29 is 19.4 Å². The van der Waals surface area contributed by atoms with Crippen LogP contribution in [0, 0.1) is 5.92 Å². The van der Waals surface area contributed by atoms with Crippen LogP contribution < -0.4 is 0 Å². The van der Waals surface area contributed by atoms with Gasteiger partial charge in [0.15, 0.2) is 0 Å². The second kappa shape index (κ2) is 5.81. The molecule has 0 saturated carbocycles. The molecule has 0 radical (unpaired) electrons. The Morgan fingerprint density at radius 3 is 3.00 bits per heavy atom. The van der Waals surface area contributed by atoms with E-state index in [1.807, 2.05) is 6.07 Å². The summed E-state index contributed by atoms with van der Waals surface area (Å²) in [7, 11) is 0. The maximum Gasteiger partial charge on any atom is 0.309 e. The number of amides is 1. The number of likely N-dealkylation sites (tertiary alicyclic amines) is 1. The molecule has 0 aromatic carbocycles. The highest BCUT2D eigenvalue weighted by atomic mass is 16.5. The Labute approximate surface area is 122 Å². The van der Waals surface area contributed by atoms with Gasteiger partial charge in [-0.25, -0.2) is 0 Å². The van der Waals surface area contributed by atoms with Gasteiger partial charge in [-0.3, -0.25) is 14.6 Å². The monoisotopic (exact) mass is 290 g/mol. The predicted molar refractivity (Wildman–Crippen MR) is 73.4 cm³/mol. The minimum atomic E-state index is -0.938. The number of aromatic nitrogens is 1. The normalized spacial score (nSPS) is 29.0. The van der Waals surface area contributed by atoms with Crippen LogP contribution in [-0.2, 0) is 14.3 Å². The molecule has 0 bridgehead atoms. The first kappa shape index (κ1) is 14.0. The molecule has 21 heavy (non-hydrogen) atoms. The summed E-state index contributed by atoms with van der Waals surface area (Å²) < 4.78 is 5.59. The van der Waals surface area contributed by atoms with Crippen molar-refractivity contribution in [2.45, 2.75) is 31.4 Å². The standard InChI is InChI=1S/C15H18N2O4/c18-13-7-12(15(19)20)14(10-3-1-5-16-8-10)17(13)9-11-4-2-6-21-11/h1,3,5,8,11-12,14H,2,4,6-7,9H2,(H,19,20)/t11?,12-,14+/m0/s1. The smallest absolute Gasteiger partial charge is 0.309 e. The molecule has 6 heteroatoms.